The predicted octanol–water partition coefficient (Wildman–Crippen LogP) is 3.01. The van der Waals surface area contributed by atoms with Crippen molar-refractivity contribution in [2.45, 2.75) is 26.2 Å². The maximum absolute atomic E-state index is 5.80. The number of benzene rings is 1. The van der Waals surface area contributed by atoms with Gasteiger partial charge in [0.05, 0.1) is 0 Å². The lowest BCUT2D eigenvalue weighted by atomic mass is 9.85. The average molecular weight is 244 g/mol. The molecule has 0 radical (unpaired) electrons. The van der Waals surface area contributed by atoms with Crippen LogP contribution in [-0.4, -0.2) is 18.1 Å². The molecule has 96 valence electrons. The molecule has 2 unspecified atom stereocenters. The third-order valence-corrected chi connectivity index (χ3v) is 3.97. The van der Waals surface area contributed by atoms with Crippen molar-refractivity contribution in [1.82, 2.24) is 10.3 Å². The van der Waals surface area contributed by atoms with Gasteiger partial charge in [0.2, 0.25) is 0 Å². The lowest BCUT2D eigenvalue weighted by Gasteiger charge is -2.27. The number of aromatic nitrogens is 1. The van der Waals surface area contributed by atoms with E-state index in [9.17, 15) is 0 Å². The first-order chi connectivity index (χ1) is 8.83. The van der Waals surface area contributed by atoms with E-state index in [-0.39, 0.29) is 0 Å². The summed E-state index contributed by atoms with van der Waals surface area (Å²) in [6.07, 6.45) is 3.57. The molecule has 1 aliphatic heterocycles. The van der Waals surface area contributed by atoms with Gasteiger partial charge in [0.25, 0.3) is 0 Å². The van der Waals surface area contributed by atoms with Crippen molar-refractivity contribution in [2.24, 2.45) is 11.8 Å². The van der Waals surface area contributed by atoms with Crippen LogP contribution in [0.3, 0.4) is 0 Å². The first-order valence-electron chi connectivity index (χ1n) is 6.88. The van der Waals surface area contributed by atoms with Crippen LogP contribution in [0.2, 0.25) is 0 Å². The Balaban J connectivity index is 1.71. The molecule has 0 saturated carbocycles. The molecule has 1 aromatic heterocycles. The van der Waals surface area contributed by atoms with Crippen molar-refractivity contribution in [1.29, 1.82) is 0 Å². The Morgan fingerprint density at radius 3 is 3.11 bits per heavy atom. The SMILES string of the molecule is CC(Cc1nc2ccccc2o1)C1CCCNC1. The summed E-state index contributed by atoms with van der Waals surface area (Å²) >= 11 is 0. The Kier molecular flexibility index (Phi) is 3.33. The molecule has 3 nitrogen and oxygen atoms in total. The molecule has 18 heavy (non-hydrogen) atoms. The van der Waals surface area contributed by atoms with Gasteiger partial charge in [-0.25, -0.2) is 4.98 Å². The van der Waals surface area contributed by atoms with E-state index in [1.54, 1.807) is 0 Å². The number of rotatable bonds is 3. The van der Waals surface area contributed by atoms with Gasteiger partial charge in [-0.2, -0.15) is 0 Å². The third kappa shape index (κ3) is 2.41. The molecule has 0 amide bonds. The van der Waals surface area contributed by atoms with Crippen molar-refractivity contribution in [3.63, 3.8) is 0 Å². The summed E-state index contributed by atoms with van der Waals surface area (Å²) in [4.78, 5) is 4.56. The molecule has 2 aromatic rings. The summed E-state index contributed by atoms with van der Waals surface area (Å²) in [6, 6.07) is 7.99. The van der Waals surface area contributed by atoms with Gasteiger partial charge in [-0.3, -0.25) is 0 Å². The minimum Gasteiger partial charge on any atom is -0.441 e. The van der Waals surface area contributed by atoms with E-state index in [2.05, 4.69) is 17.2 Å². The van der Waals surface area contributed by atoms with Crippen LogP contribution in [0.1, 0.15) is 25.7 Å². The smallest absolute Gasteiger partial charge is 0.195 e. The van der Waals surface area contributed by atoms with Crippen LogP contribution >= 0.6 is 0 Å². The van der Waals surface area contributed by atoms with Gasteiger partial charge in [-0.15, -0.1) is 0 Å². The Morgan fingerprint density at radius 1 is 1.44 bits per heavy atom. The largest absolute Gasteiger partial charge is 0.441 e. The van der Waals surface area contributed by atoms with Crippen LogP contribution in [0.4, 0.5) is 0 Å². The first-order valence-corrected chi connectivity index (χ1v) is 6.88. The number of nitrogens with zero attached hydrogens (tertiary/aromatic N) is 1. The minimum atomic E-state index is 0.630. The van der Waals surface area contributed by atoms with Crippen molar-refractivity contribution in [3.05, 3.63) is 30.2 Å². The van der Waals surface area contributed by atoms with Crippen LogP contribution in [0, 0.1) is 11.8 Å². The fraction of sp³-hybridized carbons (Fsp3) is 0.533. The second kappa shape index (κ2) is 5.11. The molecule has 2 atom stereocenters. The number of oxazole rings is 1. The molecule has 2 heterocycles. The molecule has 3 heteroatoms. The maximum Gasteiger partial charge on any atom is 0.195 e. The normalized spacial score (nSPS) is 22.2. The molecular formula is C15H20N2O. The number of hydrogen-bond donors (Lipinski definition) is 1. The topological polar surface area (TPSA) is 38.1 Å². The zero-order valence-corrected chi connectivity index (χ0v) is 10.9. The standard InChI is InChI=1S/C15H20N2O/c1-11(12-5-4-8-16-10-12)9-15-17-13-6-2-3-7-14(13)18-15/h2-3,6-7,11-12,16H,4-5,8-10H2,1H3. The van der Waals surface area contributed by atoms with E-state index >= 15 is 0 Å². The van der Waals surface area contributed by atoms with Crippen LogP contribution in [0.5, 0.6) is 0 Å². The minimum absolute atomic E-state index is 0.630. The summed E-state index contributed by atoms with van der Waals surface area (Å²) in [5.41, 5.74) is 1.88. The highest BCUT2D eigenvalue weighted by Gasteiger charge is 2.21. The lowest BCUT2D eigenvalue weighted by Crippen LogP contribution is -2.33. The number of nitrogens with one attached hydrogen (secondary N) is 1. The summed E-state index contributed by atoms with van der Waals surface area (Å²) in [5, 5.41) is 3.48. The number of piperidine rings is 1. The summed E-state index contributed by atoms with van der Waals surface area (Å²) in [7, 11) is 0. The van der Waals surface area contributed by atoms with E-state index in [1.807, 2.05) is 24.3 Å². The highest BCUT2D eigenvalue weighted by Crippen LogP contribution is 2.24. The monoisotopic (exact) mass is 244 g/mol. The van der Waals surface area contributed by atoms with Crippen molar-refractivity contribution in [2.75, 3.05) is 13.1 Å². The first kappa shape index (κ1) is 11.7. The maximum atomic E-state index is 5.80. The van der Waals surface area contributed by atoms with Crippen LogP contribution in [0.15, 0.2) is 28.7 Å². The average Bonchev–Trinajstić information content (AvgIpc) is 2.82. The molecule has 1 saturated heterocycles. The Hall–Kier alpha value is -1.35. The van der Waals surface area contributed by atoms with E-state index in [4.69, 9.17) is 4.42 Å². The molecule has 3 rings (SSSR count). The van der Waals surface area contributed by atoms with Crippen molar-refractivity contribution < 1.29 is 4.42 Å². The molecule has 1 N–H and O–H groups in total. The van der Waals surface area contributed by atoms with E-state index in [0.29, 0.717) is 5.92 Å². The van der Waals surface area contributed by atoms with Gasteiger partial charge in [-0.1, -0.05) is 19.1 Å². The molecule has 0 spiro atoms. The second-order valence-electron chi connectivity index (χ2n) is 5.36. The Bertz CT molecular complexity index is 481. The molecule has 0 aliphatic carbocycles. The van der Waals surface area contributed by atoms with Crippen molar-refractivity contribution >= 4 is 11.1 Å². The summed E-state index contributed by atoms with van der Waals surface area (Å²) < 4.78 is 5.80. The number of para-hydroxylation sites is 2. The Labute approximate surface area is 108 Å². The highest BCUT2D eigenvalue weighted by molar-refractivity contribution is 5.72. The quantitative estimate of drug-likeness (QED) is 0.902. The van der Waals surface area contributed by atoms with E-state index in [0.717, 1.165) is 35.9 Å². The second-order valence-corrected chi connectivity index (χ2v) is 5.36. The third-order valence-electron chi connectivity index (χ3n) is 3.97. The molecule has 1 aliphatic rings. The van der Waals surface area contributed by atoms with Gasteiger partial charge in [-0.05, 0) is 49.9 Å². The number of hydrogen-bond acceptors (Lipinski definition) is 3. The van der Waals surface area contributed by atoms with Gasteiger partial charge in [0.1, 0.15) is 5.52 Å². The van der Waals surface area contributed by atoms with Crippen LogP contribution < -0.4 is 5.32 Å². The molecular weight excluding hydrogens is 224 g/mol. The fourth-order valence-corrected chi connectivity index (χ4v) is 2.81. The zero-order chi connectivity index (χ0) is 12.4. The van der Waals surface area contributed by atoms with Gasteiger partial charge < -0.3 is 9.73 Å². The predicted molar refractivity (Wildman–Crippen MR) is 72.5 cm³/mol. The molecule has 0 bridgehead atoms. The van der Waals surface area contributed by atoms with Crippen molar-refractivity contribution in [3.8, 4) is 0 Å². The van der Waals surface area contributed by atoms with Gasteiger partial charge in [0.15, 0.2) is 11.5 Å². The molecule has 1 aromatic carbocycles. The van der Waals surface area contributed by atoms with Gasteiger partial charge >= 0.3 is 0 Å². The van der Waals surface area contributed by atoms with Crippen LogP contribution in [0.25, 0.3) is 11.1 Å². The van der Waals surface area contributed by atoms with Crippen LogP contribution in [-0.2, 0) is 6.42 Å². The lowest BCUT2D eigenvalue weighted by molar-refractivity contribution is 0.267. The fourth-order valence-electron chi connectivity index (χ4n) is 2.81. The van der Waals surface area contributed by atoms with E-state index in [1.165, 1.54) is 19.4 Å². The summed E-state index contributed by atoms with van der Waals surface area (Å²) in [6.45, 7) is 4.63. The van der Waals surface area contributed by atoms with E-state index < -0.39 is 0 Å². The molecule has 1 fully saturated rings. The van der Waals surface area contributed by atoms with Gasteiger partial charge in [0, 0.05) is 6.42 Å². The summed E-state index contributed by atoms with van der Waals surface area (Å²) in [5.74, 6) is 2.27. The highest BCUT2D eigenvalue weighted by atomic mass is 16.3. The number of fused-ring (bicyclic) bond motifs is 1. The Morgan fingerprint density at radius 2 is 2.33 bits per heavy atom. The zero-order valence-electron chi connectivity index (χ0n) is 10.9.